The second kappa shape index (κ2) is 7.04. The van der Waals surface area contributed by atoms with E-state index < -0.39 is 4.92 Å². The van der Waals surface area contributed by atoms with Crippen molar-refractivity contribution in [2.75, 3.05) is 0 Å². The Balaban J connectivity index is 1.62. The number of H-pyrrole nitrogens is 1. The van der Waals surface area contributed by atoms with E-state index in [9.17, 15) is 10.1 Å². The number of fused-ring (bicyclic) bond motifs is 1. The number of nitro groups is 1. The van der Waals surface area contributed by atoms with Crippen LogP contribution < -0.4 is 0 Å². The van der Waals surface area contributed by atoms with Crippen molar-refractivity contribution in [3.05, 3.63) is 70.3 Å². The van der Waals surface area contributed by atoms with Crippen molar-refractivity contribution in [3.63, 3.8) is 0 Å². The van der Waals surface area contributed by atoms with Crippen molar-refractivity contribution in [3.8, 4) is 0 Å². The van der Waals surface area contributed by atoms with Gasteiger partial charge in [0.1, 0.15) is 12.2 Å². The second-order valence-corrected chi connectivity index (χ2v) is 6.79. The SMILES string of the molecule is Cn1cnnc1Sc1ccc(C=Cc2nc3ccccc3[nH]2)cc1[N+](=O)[O-]. The molecule has 0 spiro atoms. The molecular formula is C18H14N6O2S. The summed E-state index contributed by atoms with van der Waals surface area (Å²) in [7, 11) is 1.79. The molecule has 0 saturated carbocycles. The van der Waals surface area contributed by atoms with Crippen LogP contribution >= 0.6 is 11.8 Å². The Labute approximate surface area is 158 Å². The summed E-state index contributed by atoms with van der Waals surface area (Å²) in [6.07, 6.45) is 5.15. The molecule has 2 heterocycles. The molecule has 0 aliphatic carbocycles. The number of para-hydroxylation sites is 2. The standard InChI is InChI=1S/C18H14N6O2S/c1-23-11-19-22-18(23)27-16-8-6-12(10-15(16)24(25)26)7-9-17-20-13-4-2-3-5-14(13)21-17/h2-11H,1H3,(H,20,21). The van der Waals surface area contributed by atoms with E-state index in [4.69, 9.17) is 0 Å². The second-order valence-electron chi connectivity index (χ2n) is 5.78. The zero-order valence-electron chi connectivity index (χ0n) is 14.2. The van der Waals surface area contributed by atoms with Crippen LogP contribution in [0.3, 0.4) is 0 Å². The van der Waals surface area contributed by atoms with E-state index in [2.05, 4.69) is 20.2 Å². The number of aryl methyl sites for hydroxylation is 1. The summed E-state index contributed by atoms with van der Waals surface area (Å²) in [5.74, 6) is 0.691. The molecule has 0 unspecified atom stereocenters. The summed E-state index contributed by atoms with van der Waals surface area (Å²) in [6.45, 7) is 0. The third kappa shape index (κ3) is 3.58. The number of hydrogen-bond acceptors (Lipinski definition) is 6. The maximum absolute atomic E-state index is 11.5. The van der Waals surface area contributed by atoms with Gasteiger partial charge in [0.2, 0.25) is 0 Å². The normalized spacial score (nSPS) is 11.4. The van der Waals surface area contributed by atoms with Crippen LogP contribution in [0.4, 0.5) is 5.69 Å². The summed E-state index contributed by atoms with van der Waals surface area (Å²) in [4.78, 5) is 19.3. The number of imidazole rings is 1. The average Bonchev–Trinajstić information content (AvgIpc) is 3.26. The molecule has 4 rings (SSSR count). The fourth-order valence-corrected chi connectivity index (χ4v) is 3.41. The molecule has 0 aliphatic heterocycles. The Morgan fingerprint density at radius 3 is 2.81 bits per heavy atom. The highest BCUT2D eigenvalue weighted by Crippen LogP contribution is 2.34. The lowest BCUT2D eigenvalue weighted by Crippen LogP contribution is -1.94. The van der Waals surface area contributed by atoms with Crippen molar-refractivity contribution in [2.45, 2.75) is 10.1 Å². The summed E-state index contributed by atoms with van der Waals surface area (Å²) in [5.41, 5.74) is 2.55. The molecule has 8 nitrogen and oxygen atoms in total. The van der Waals surface area contributed by atoms with Gasteiger partial charge in [0, 0.05) is 13.1 Å². The van der Waals surface area contributed by atoms with Crippen molar-refractivity contribution < 1.29 is 4.92 Å². The van der Waals surface area contributed by atoms with Gasteiger partial charge in [-0.15, -0.1) is 10.2 Å². The van der Waals surface area contributed by atoms with Crippen LogP contribution in [0, 0.1) is 10.1 Å². The molecule has 0 radical (unpaired) electrons. The molecule has 2 aromatic heterocycles. The van der Waals surface area contributed by atoms with E-state index in [1.807, 2.05) is 30.3 Å². The van der Waals surface area contributed by atoms with Gasteiger partial charge >= 0.3 is 0 Å². The van der Waals surface area contributed by atoms with Gasteiger partial charge in [0.25, 0.3) is 5.69 Å². The fourth-order valence-electron chi connectivity index (χ4n) is 2.56. The first kappa shape index (κ1) is 17.0. The van der Waals surface area contributed by atoms with Crippen LogP contribution in [0.1, 0.15) is 11.4 Å². The fraction of sp³-hybridized carbons (Fsp3) is 0.0556. The highest BCUT2D eigenvalue weighted by Gasteiger charge is 2.17. The molecule has 0 saturated heterocycles. The Kier molecular flexibility index (Phi) is 4.43. The van der Waals surface area contributed by atoms with Crippen LogP contribution in [-0.4, -0.2) is 29.7 Å². The predicted molar refractivity (Wildman–Crippen MR) is 103 cm³/mol. The first-order chi connectivity index (χ1) is 13.1. The Bertz CT molecular complexity index is 1130. The van der Waals surface area contributed by atoms with E-state index in [1.165, 1.54) is 17.8 Å². The molecule has 0 bridgehead atoms. The zero-order chi connectivity index (χ0) is 18.8. The number of nitrogens with one attached hydrogen (secondary N) is 1. The maximum Gasteiger partial charge on any atom is 0.283 e. The van der Waals surface area contributed by atoms with Crippen LogP contribution in [0.5, 0.6) is 0 Å². The highest BCUT2D eigenvalue weighted by atomic mass is 32.2. The molecule has 134 valence electrons. The summed E-state index contributed by atoms with van der Waals surface area (Å²) in [5, 5.41) is 19.8. The van der Waals surface area contributed by atoms with Gasteiger partial charge in [0.15, 0.2) is 5.16 Å². The lowest BCUT2D eigenvalue weighted by atomic mass is 10.2. The largest absolute Gasteiger partial charge is 0.338 e. The molecule has 9 heteroatoms. The minimum absolute atomic E-state index is 0.0229. The topological polar surface area (TPSA) is 103 Å². The van der Waals surface area contributed by atoms with Gasteiger partial charge in [-0.05, 0) is 41.6 Å². The number of aromatic nitrogens is 5. The third-order valence-corrected chi connectivity index (χ3v) is 5.01. The molecule has 1 N–H and O–H groups in total. The molecule has 0 fully saturated rings. The number of rotatable bonds is 5. The number of benzene rings is 2. The number of aromatic amines is 1. The molecule has 0 aliphatic rings. The molecular weight excluding hydrogens is 364 g/mol. The first-order valence-corrected chi connectivity index (χ1v) is 8.85. The quantitative estimate of drug-likeness (QED) is 0.417. The lowest BCUT2D eigenvalue weighted by Gasteiger charge is -2.03. The molecule has 2 aromatic carbocycles. The van der Waals surface area contributed by atoms with Crippen LogP contribution in [-0.2, 0) is 7.05 Å². The molecule has 0 atom stereocenters. The number of hydrogen-bond donors (Lipinski definition) is 1. The maximum atomic E-state index is 11.5. The molecule has 4 aromatic rings. The van der Waals surface area contributed by atoms with Crippen molar-refractivity contribution in [1.29, 1.82) is 0 Å². The van der Waals surface area contributed by atoms with Crippen LogP contribution in [0.15, 0.2) is 58.8 Å². The van der Waals surface area contributed by atoms with Gasteiger partial charge in [-0.3, -0.25) is 10.1 Å². The molecule has 27 heavy (non-hydrogen) atoms. The Hall–Kier alpha value is -3.46. The third-order valence-electron chi connectivity index (χ3n) is 3.89. The van der Waals surface area contributed by atoms with Crippen LogP contribution in [0.25, 0.3) is 23.2 Å². The van der Waals surface area contributed by atoms with E-state index in [-0.39, 0.29) is 5.69 Å². The number of nitro benzene ring substituents is 1. The Morgan fingerprint density at radius 1 is 1.22 bits per heavy atom. The summed E-state index contributed by atoms with van der Waals surface area (Å²) < 4.78 is 1.71. The first-order valence-electron chi connectivity index (χ1n) is 8.03. The summed E-state index contributed by atoms with van der Waals surface area (Å²) >= 11 is 1.21. The van der Waals surface area contributed by atoms with E-state index in [0.29, 0.717) is 21.4 Å². The van der Waals surface area contributed by atoms with Crippen LogP contribution in [0.2, 0.25) is 0 Å². The average molecular weight is 378 g/mol. The van der Waals surface area contributed by atoms with Crippen molar-refractivity contribution in [2.24, 2.45) is 7.05 Å². The Morgan fingerprint density at radius 2 is 2.07 bits per heavy atom. The summed E-state index contributed by atoms with van der Waals surface area (Å²) in [6, 6.07) is 12.8. The highest BCUT2D eigenvalue weighted by molar-refractivity contribution is 7.99. The number of nitrogens with zero attached hydrogens (tertiary/aromatic N) is 5. The predicted octanol–water partition coefficient (Wildman–Crippen LogP) is 3.92. The lowest BCUT2D eigenvalue weighted by molar-refractivity contribution is -0.387. The van der Waals surface area contributed by atoms with Gasteiger partial charge in [-0.25, -0.2) is 4.98 Å². The van der Waals surface area contributed by atoms with Crippen molar-refractivity contribution >= 4 is 40.6 Å². The smallest absolute Gasteiger partial charge is 0.283 e. The van der Waals surface area contributed by atoms with Gasteiger partial charge < -0.3 is 9.55 Å². The van der Waals surface area contributed by atoms with E-state index in [0.717, 1.165) is 11.0 Å². The minimum Gasteiger partial charge on any atom is -0.338 e. The van der Waals surface area contributed by atoms with E-state index in [1.54, 1.807) is 36.2 Å². The van der Waals surface area contributed by atoms with Gasteiger partial charge in [-0.1, -0.05) is 24.3 Å². The zero-order valence-corrected chi connectivity index (χ0v) is 15.1. The van der Waals surface area contributed by atoms with Crippen molar-refractivity contribution in [1.82, 2.24) is 24.7 Å². The van der Waals surface area contributed by atoms with E-state index >= 15 is 0 Å². The van der Waals surface area contributed by atoms with Gasteiger partial charge in [-0.2, -0.15) is 0 Å². The monoisotopic (exact) mass is 378 g/mol. The van der Waals surface area contributed by atoms with Gasteiger partial charge in [0.05, 0.1) is 20.9 Å². The minimum atomic E-state index is -0.392. The molecule has 0 amide bonds.